The molecule has 1 aromatic heterocycles. The Kier molecular flexibility index (Phi) is 7.49. The van der Waals surface area contributed by atoms with Crippen molar-refractivity contribution in [3.63, 3.8) is 0 Å². The molecule has 2 aromatic carbocycles. The van der Waals surface area contributed by atoms with E-state index < -0.39 is 32.9 Å². The molecule has 0 saturated heterocycles. The number of nitrogen functional groups attached to an aromatic ring is 1. The first kappa shape index (κ1) is 27.1. The van der Waals surface area contributed by atoms with Crippen LogP contribution < -0.4 is 16.3 Å². The predicted octanol–water partition coefficient (Wildman–Crippen LogP) is 2.30. The minimum Gasteiger partial charge on any atom is -0.464 e. The van der Waals surface area contributed by atoms with E-state index in [2.05, 4.69) is 0 Å². The summed E-state index contributed by atoms with van der Waals surface area (Å²) < 4.78 is 11.1. The van der Waals surface area contributed by atoms with Crippen LogP contribution in [0.2, 0.25) is 0 Å². The lowest BCUT2D eigenvalue weighted by atomic mass is 10.1. The van der Waals surface area contributed by atoms with Crippen LogP contribution in [0.5, 0.6) is 0 Å². The Balaban J connectivity index is 2.03. The number of benzene rings is 2. The number of aromatic nitrogens is 1. The standard InChI is InChI=1S/C25H20N4O9S/c1-3-38-25(32)22-19-17(12-13-4-8-15(9-5-13)28(33)34)18(26)20(24(31)37-2)27(19)23(30)21(39-22)14-6-10-16(11-7-14)29(35)36/h4-12,21H,3,26H2,1-2H3/b17-12+. The second kappa shape index (κ2) is 10.8. The number of carbonyl (C=O) groups excluding carboxylic acids is 3. The van der Waals surface area contributed by atoms with E-state index in [1.54, 1.807) is 6.92 Å². The van der Waals surface area contributed by atoms with Crippen molar-refractivity contribution >= 4 is 57.7 Å². The van der Waals surface area contributed by atoms with Gasteiger partial charge in [0.25, 0.3) is 11.4 Å². The summed E-state index contributed by atoms with van der Waals surface area (Å²) in [6.45, 7) is 1.61. The summed E-state index contributed by atoms with van der Waals surface area (Å²) in [5.41, 5.74) is 6.32. The number of carbonyl (C=O) groups is 3. The van der Waals surface area contributed by atoms with Gasteiger partial charge >= 0.3 is 11.9 Å². The average molecular weight is 553 g/mol. The lowest BCUT2D eigenvalue weighted by Crippen LogP contribution is -2.42. The van der Waals surface area contributed by atoms with Crippen molar-refractivity contribution in [1.82, 2.24) is 4.57 Å². The van der Waals surface area contributed by atoms with Crippen LogP contribution in [0.3, 0.4) is 0 Å². The van der Waals surface area contributed by atoms with Crippen LogP contribution in [0.4, 0.5) is 17.1 Å². The highest BCUT2D eigenvalue weighted by Gasteiger charge is 2.38. The maximum Gasteiger partial charge on any atom is 0.357 e. The molecule has 13 nitrogen and oxygen atoms in total. The number of esters is 2. The van der Waals surface area contributed by atoms with Gasteiger partial charge in [-0.3, -0.25) is 29.6 Å². The first-order chi connectivity index (χ1) is 18.6. The molecule has 2 heterocycles. The van der Waals surface area contributed by atoms with Gasteiger partial charge in [0.15, 0.2) is 5.69 Å². The van der Waals surface area contributed by atoms with E-state index in [0.29, 0.717) is 11.1 Å². The maximum absolute atomic E-state index is 13.8. The Morgan fingerprint density at radius 3 is 2.10 bits per heavy atom. The molecule has 1 unspecified atom stereocenters. The number of hydrogen-bond donors (Lipinski definition) is 1. The summed E-state index contributed by atoms with van der Waals surface area (Å²) in [4.78, 5) is 60.7. The number of nitrogens with zero attached hydrogens (tertiary/aromatic N) is 3. The topological polar surface area (TPSA) is 187 Å². The molecule has 39 heavy (non-hydrogen) atoms. The van der Waals surface area contributed by atoms with Crippen molar-refractivity contribution in [1.29, 1.82) is 0 Å². The van der Waals surface area contributed by atoms with Crippen molar-refractivity contribution < 1.29 is 33.7 Å². The largest absolute Gasteiger partial charge is 0.464 e. The summed E-state index contributed by atoms with van der Waals surface area (Å²) in [5, 5.41) is 21.2. The van der Waals surface area contributed by atoms with Crippen LogP contribution in [0.1, 0.15) is 38.6 Å². The third kappa shape index (κ3) is 4.96. The van der Waals surface area contributed by atoms with E-state index >= 15 is 0 Å². The van der Waals surface area contributed by atoms with E-state index in [1.165, 1.54) is 54.6 Å². The zero-order chi connectivity index (χ0) is 28.4. The Hall–Kier alpha value is -4.98. The molecule has 14 heteroatoms. The minimum absolute atomic E-state index is 0.00198. The molecule has 2 N–H and O–H groups in total. The van der Waals surface area contributed by atoms with Crippen molar-refractivity contribution in [3.8, 4) is 0 Å². The highest BCUT2D eigenvalue weighted by Crippen LogP contribution is 2.40. The molecule has 0 aliphatic carbocycles. The zero-order valence-corrected chi connectivity index (χ0v) is 21.3. The van der Waals surface area contributed by atoms with Crippen LogP contribution in [-0.2, 0) is 14.3 Å². The van der Waals surface area contributed by atoms with Gasteiger partial charge in [-0.15, -0.1) is 0 Å². The molecular weight excluding hydrogens is 532 g/mol. The van der Waals surface area contributed by atoms with E-state index in [0.717, 1.165) is 23.4 Å². The number of non-ortho nitro benzene ring substituents is 2. The van der Waals surface area contributed by atoms with Crippen molar-refractivity contribution in [2.45, 2.75) is 12.2 Å². The molecule has 0 fully saturated rings. The molecule has 1 aliphatic heterocycles. The van der Waals surface area contributed by atoms with Crippen molar-refractivity contribution in [3.05, 3.63) is 96.1 Å². The molecule has 0 spiro atoms. The van der Waals surface area contributed by atoms with Gasteiger partial charge in [-0.05, 0) is 36.3 Å². The van der Waals surface area contributed by atoms with Gasteiger partial charge in [0.2, 0.25) is 5.91 Å². The maximum atomic E-state index is 13.8. The molecule has 0 bridgehead atoms. The fraction of sp³-hybridized carbons (Fsp3) is 0.160. The van der Waals surface area contributed by atoms with Gasteiger partial charge in [-0.2, -0.15) is 0 Å². The van der Waals surface area contributed by atoms with Gasteiger partial charge in [-0.1, -0.05) is 23.9 Å². The van der Waals surface area contributed by atoms with Crippen LogP contribution in [-0.4, -0.2) is 46.0 Å². The Morgan fingerprint density at radius 1 is 1.03 bits per heavy atom. The van der Waals surface area contributed by atoms with E-state index in [1.807, 2.05) is 0 Å². The number of thioether (sulfide) groups is 1. The summed E-state index contributed by atoms with van der Waals surface area (Å²) in [6.07, 6.45) is 1.48. The predicted molar refractivity (Wildman–Crippen MR) is 140 cm³/mol. The van der Waals surface area contributed by atoms with Crippen molar-refractivity contribution in [2.75, 3.05) is 19.5 Å². The molecule has 4 rings (SSSR count). The Morgan fingerprint density at radius 2 is 1.59 bits per heavy atom. The lowest BCUT2D eigenvalue weighted by molar-refractivity contribution is -0.385. The van der Waals surface area contributed by atoms with Crippen LogP contribution in [0.15, 0.2) is 48.5 Å². The molecule has 0 radical (unpaired) electrons. The summed E-state index contributed by atoms with van der Waals surface area (Å²) in [6, 6.07) is 10.6. The second-order valence-corrected chi connectivity index (χ2v) is 9.19. The first-order valence-corrected chi connectivity index (χ1v) is 12.2. The molecule has 200 valence electrons. The highest BCUT2D eigenvalue weighted by molar-refractivity contribution is 8.10. The number of rotatable bonds is 7. The van der Waals surface area contributed by atoms with Gasteiger partial charge < -0.3 is 15.2 Å². The van der Waals surface area contributed by atoms with Crippen LogP contribution >= 0.6 is 11.8 Å². The number of hydrogen-bond acceptors (Lipinski definition) is 11. The van der Waals surface area contributed by atoms with E-state index in [9.17, 15) is 34.6 Å². The molecule has 0 saturated carbocycles. The number of anilines is 1. The SMILES string of the molecule is CCOC(=O)C1=c2/c(=C/c3ccc([N+](=O)[O-])cc3)c(N)c(C(=O)OC)n2C(=O)C(c2ccc([N+](=O)[O-])cc2)S1. The number of nitro benzene ring substituents is 2. The first-order valence-electron chi connectivity index (χ1n) is 11.3. The van der Waals surface area contributed by atoms with Crippen LogP contribution in [0, 0.1) is 20.2 Å². The zero-order valence-electron chi connectivity index (χ0n) is 20.5. The van der Waals surface area contributed by atoms with E-state index in [4.69, 9.17) is 15.2 Å². The third-order valence-corrected chi connectivity index (χ3v) is 7.11. The Labute approximate surface area is 223 Å². The number of ether oxygens (including phenoxy) is 2. The fourth-order valence-electron chi connectivity index (χ4n) is 4.02. The smallest absolute Gasteiger partial charge is 0.357 e. The molecule has 0 amide bonds. The quantitative estimate of drug-likeness (QED) is 0.257. The fourth-order valence-corrected chi connectivity index (χ4v) is 5.22. The molecular formula is C25H20N4O9S. The van der Waals surface area contributed by atoms with Gasteiger partial charge in [-0.25, -0.2) is 9.59 Å². The highest BCUT2D eigenvalue weighted by atomic mass is 32.2. The number of nitro groups is 2. The molecule has 1 aliphatic rings. The van der Waals surface area contributed by atoms with Gasteiger partial charge in [0, 0.05) is 29.5 Å². The van der Waals surface area contributed by atoms with Crippen LogP contribution in [0.25, 0.3) is 11.0 Å². The second-order valence-electron chi connectivity index (χ2n) is 8.08. The monoisotopic (exact) mass is 552 g/mol. The van der Waals surface area contributed by atoms with E-state index in [-0.39, 0.29) is 44.8 Å². The van der Waals surface area contributed by atoms with Gasteiger partial charge in [0.05, 0.1) is 34.6 Å². The average Bonchev–Trinajstić information content (AvgIpc) is 3.21. The number of methoxy groups -OCH3 is 1. The number of fused-ring (bicyclic) bond motifs is 1. The molecule has 3 aromatic rings. The normalized spacial score (nSPS) is 15.0. The number of nitrogens with two attached hydrogens (primary N) is 1. The van der Waals surface area contributed by atoms with Gasteiger partial charge in [0.1, 0.15) is 10.2 Å². The van der Waals surface area contributed by atoms with Crippen molar-refractivity contribution in [2.24, 2.45) is 0 Å². The minimum atomic E-state index is -1.08. The summed E-state index contributed by atoms with van der Waals surface area (Å²) >= 11 is 0.855. The molecule has 1 atom stereocenters. The Bertz CT molecular complexity index is 1640. The summed E-state index contributed by atoms with van der Waals surface area (Å²) in [7, 11) is 1.10. The lowest BCUT2D eigenvalue weighted by Gasteiger charge is -2.23. The summed E-state index contributed by atoms with van der Waals surface area (Å²) in [5.74, 6) is -2.37. The third-order valence-electron chi connectivity index (χ3n) is 5.80.